The second-order valence-corrected chi connectivity index (χ2v) is 1.17. The van der Waals surface area contributed by atoms with Gasteiger partial charge in [-0.3, -0.25) is 4.99 Å². The summed E-state index contributed by atoms with van der Waals surface area (Å²) < 4.78 is 0. The van der Waals surface area contributed by atoms with Gasteiger partial charge < -0.3 is 4.79 Å². The molecule has 4 nitrogen and oxygen atoms in total. The standard InChI is InChI=1S/C4H6N2O2/c1-5-4(6-8)2-3-7/h3-4H,1-2H2. The molecule has 8 heavy (non-hydrogen) atoms. The molecule has 0 spiro atoms. The molecule has 0 rings (SSSR count). The van der Waals surface area contributed by atoms with Gasteiger partial charge in [-0.25, -0.2) is 0 Å². The minimum Gasteiger partial charge on any atom is -0.303 e. The monoisotopic (exact) mass is 114 g/mol. The van der Waals surface area contributed by atoms with E-state index < -0.39 is 6.17 Å². The Kier molecular flexibility index (Phi) is 3.56. The Morgan fingerprint density at radius 1 is 1.75 bits per heavy atom. The zero-order valence-corrected chi connectivity index (χ0v) is 4.28. The molecule has 0 bridgehead atoms. The fourth-order valence-electron chi connectivity index (χ4n) is 0.237. The molecular formula is C4H6N2O2. The summed E-state index contributed by atoms with van der Waals surface area (Å²) in [6, 6.07) is 0. The molecule has 0 aromatic carbocycles. The third kappa shape index (κ3) is 2.17. The number of nitroso groups, excluding NO2 is 1. The van der Waals surface area contributed by atoms with Crippen LogP contribution in [0.2, 0.25) is 0 Å². The first-order valence-electron chi connectivity index (χ1n) is 2.07. The molecule has 0 aromatic heterocycles. The van der Waals surface area contributed by atoms with Crippen LogP contribution in [0, 0.1) is 4.91 Å². The van der Waals surface area contributed by atoms with Crippen LogP contribution in [0.25, 0.3) is 0 Å². The van der Waals surface area contributed by atoms with Crippen LogP contribution in [0.15, 0.2) is 10.2 Å². The van der Waals surface area contributed by atoms with Gasteiger partial charge in [0.2, 0.25) is 0 Å². The maximum atomic E-state index is 9.65. The predicted octanol–water partition coefficient (Wildman–Crippen LogP) is 0.368. The molecule has 0 aromatic rings. The van der Waals surface area contributed by atoms with Gasteiger partial charge in [-0.05, 0) is 11.9 Å². The number of nitrogens with zero attached hydrogens (tertiary/aromatic N) is 2. The Hall–Kier alpha value is -1.06. The zero-order valence-electron chi connectivity index (χ0n) is 4.28. The average Bonchev–Trinajstić information content (AvgIpc) is 1.83. The van der Waals surface area contributed by atoms with E-state index in [9.17, 15) is 9.70 Å². The molecule has 0 amide bonds. The Morgan fingerprint density at radius 2 is 2.38 bits per heavy atom. The second kappa shape index (κ2) is 4.11. The molecule has 0 aliphatic carbocycles. The molecule has 0 N–H and O–H groups in total. The first-order valence-corrected chi connectivity index (χ1v) is 2.07. The van der Waals surface area contributed by atoms with Crippen molar-refractivity contribution in [1.29, 1.82) is 0 Å². The summed E-state index contributed by atoms with van der Waals surface area (Å²) in [6.07, 6.45) is -0.166. The van der Waals surface area contributed by atoms with E-state index in [1.807, 2.05) is 0 Å². The van der Waals surface area contributed by atoms with E-state index in [0.717, 1.165) is 0 Å². The number of aliphatic imine (C=N–C) groups is 1. The highest BCUT2D eigenvalue weighted by Crippen LogP contribution is 1.93. The minimum atomic E-state index is -0.785. The maximum Gasteiger partial charge on any atom is 0.187 e. The van der Waals surface area contributed by atoms with Crippen molar-refractivity contribution in [2.45, 2.75) is 12.6 Å². The van der Waals surface area contributed by atoms with E-state index in [4.69, 9.17) is 0 Å². The molecule has 0 heterocycles. The Bertz CT molecular complexity index is 94.2. The van der Waals surface area contributed by atoms with Crippen molar-refractivity contribution in [3.63, 3.8) is 0 Å². The van der Waals surface area contributed by atoms with Gasteiger partial charge >= 0.3 is 0 Å². The SMILES string of the molecule is C=NC(CC=O)N=O. The third-order valence-corrected chi connectivity index (χ3v) is 0.639. The molecule has 44 valence electrons. The molecule has 1 unspecified atom stereocenters. The van der Waals surface area contributed by atoms with Crippen LogP contribution in [0.3, 0.4) is 0 Å². The Morgan fingerprint density at radius 3 is 2.50 bits per heavy atom. The highest BCUT2D eigenvalue weighted by Gasteiger charge is 1.99. The molecular weight excluding hydrogens is 108 g/mol. The highest BCUT2D eigenvalue weighted by molar-refractivity contribution is 5.50. The zero-order chi connectivity index (χ0) is 6.41. The molecule has 0 saturated heterocycles. The molecule has 0 radical (unpaired) electrons. The van der Waals surface area contributed by atoms with Crippen LogP contribution < -0.4 is 0 Å². The lowest BCUT2D eigenvalue weighted by molar-refractivity contribution is -0.108. The summed E-state index contributed by atoms with van der Waals surface area (Å²) in [7, 11) is 0. The molecule has 0 aliphatic heterocycles. The lowest BCUT2D eigenvalue weighted by Crippen LogP contribution is -1.97. The van der Waals surface area contributed by atoms with Gasteiger partial charge in [0.15, 0.2) is 6.17 Å². The van der Waals surface area contributed by atoms with Crippen LogP contribution in [0.1, 0.15) is 6.42 Å². The lowest BCUT2D eigenvalue weighted by atomic mass is 10.4. The van der Waals surface area contributed by atoms with Crippen molar-refractivity contribution in [3.05, 3.63) is 4.91 Å². The van der Waals surface area contributed by atoms with E-state index in [-0.39, 0.29) is 6.42 Å². The number of hydrogen-bond acceptors (Lipinski definition) is 4. The predicted molar refractivity (Wildman–Crippen MR) is 29.8 cm³/mol. The van der Waals surface area contributed by atoms with E-state index in [2.05, 4.69) is 16.9 Å². The van der Waals surface area contributed by atoms with Gasteiger partial charge in [-0.1, -0.05) is 0 Å². The summed E-state index contributed by atoms with van der Waals surface area (Å²) >= 11 is 0. The second-order valence-electron chi connectivity index (χ2n) is 1.17. The number of carbonyl (C=O) groups is 1. The van der Waals surface area contributed by atoms with Crippen molar-refractivity contribution >= 4 is 13.0 Å². The van der Waals surface area contributed by atoms with Gasteiger partial charge in [0, 0.05) is 6.42 Å². The van der Waals surface area contributed by atoms with Crippen molar-refractivity contribution < 1.29 is 4.79 Å². The summed E-state index contributed by atoms with van der Waals surface area (Å²) in [5.74, 6) is 0. The van der Waals surface area contributed by atoms with Crippen LogP contribution in [0.5, 0.6) is 0 Å². The number of hydrogen-bond donors (Lipinski definition) is 0. The highest BCUT2D eigenvalue weighted by atomic mass is 16.3. The molecule has 0 fully saturated rings. The molecule has 0 saturated carbocycles. The van der Waals surface area contributed by atoms with Crippen molar-refractivity contribution in [2.75, 3.05) is 0 Å². The van der Waals surface area contributed by atoms with E-state index in [0.29, 0.717) is 6.29 Å². The van der Waals surface area contributed by atoms with Gasteiger partial charge in [0.25, 0.3) is 0 Å². The fourth-order valence-corrected chi connectivity index (χ4v) is 0.237. The van der Waals surface area contributed by atoms with E-state index in [1.165, 1.54) is 0 Å². The van der Waals surface area contributed by atoms with Gasteiger partial charge in [0.05, 0.1) is 0 Å². The summed E-state index contributed by atoms with van der Waals surface area (Å²) in [5, 5.41) is 2.49. The quantitative estimate of drug-likeness (QED) is 0.301. The smallest absolute Gasteiger partial charge is 0.187 e. The average molecular weight is 114 g/mol. The number of rotatable bonds is 4. The summed E-state index contributed by atoms with van der Waals surface area (Å²) in [4.78, 5) is 22.5. The van der Waals surface area contributed by atoms with Crippen LogP contribution in [0.4, 0.5) is 0 Å². The molecule has 4 heteroatoms. The van der Waals surface area contributed by atoms with Crippen molar-refractivity contribution in [2.24, 2.45) is 10.2 Å². The van der Waals surface area contributed by atoms with Gasteiger partial charge in [-0.15, -0.1) is 4.91 Å². The third-order valence-electron chi connectivity index (χ3n) is 0.639. The fraction of sp³-hybridized carbons (Fsp3) is 0.500. The summed E-state index contributed by atoms with van der Waals surface area (Å²) in [6.45, 7) is 3.05. The van der Waals surface area contributed by atoms with Gasteiger partial charge in [-0.2, -0.15) is 0 Å². The largest absolute Gasteiger partial charge is 0.303 e. The first kappa shape index (κ1) is 6.94. The normalized spacial score (nSPS) is 12.0. The maximum absolute atomic E-state index is 9.65. The summed E-state index contributed by atoms with van der Waals surface area (Å²) in [5.41, 5.74) is 0. The van der Waals surface area contributed by atoms with Crippen molar-refractivity contribution in [1.82, 2.24) is 0 Å². The van der Waals surface area contributed by atoms with Crippen molar-refractivity contribution in [3.8, 4) is 0 Å². The number of carbonyl (C=O) groups excluding carboxylic acids is 1. The minimum absolute atomic E-state index is 0.0347. The lowest BCUT2D eigenvalue weighted by Gasteiger charge is -1.90. The first-order chi connectivity index (χ1) is 3.85. The molecule has 1 atom stereocenters. The van der Waals surface area contributed by atoms with Gasteiger partial charge in [0.1, 0.15) is 6.29 Å². The Labute approximate surface area is 46.6 Å². The number of aldehydes is 1. The molecule has 0 aliphatic rings. The van der Waals surface area contributed by atoms with Crippen LogP contribution in [-0.2, 0) is 4.79 Å². The van der Waals surface area contributed by atoms with E-state index >= 15 is 0 Å². The van der Waals surface area contributed by atoms with Crippen LogP contribution >= 0.6 is 0 Å². The van der Waals surface area contributed by atoms with E-state index in [1.54, 1.807) is 0 Å². The topological polar surface area (TPSA) is 58.9 Å². The van der Waals surface area contributed by atoms with Crippen LogP contribution in [-0.4, -0.2) is 19.2 Å². The Balaban J connectivity index is 3.50.